The molecule has 0 amide bonds. The summed E-state index contributed by atoms with van der Waals surface area (Å²) in [5.74, 6) is 0. The quantitative estimate of drug-likeness (QED) is 0.688. The van der Waals surface area contributed by atoms with E-state index in [1.54, 1.807) is 0 Å². The van der Waals surface area contributed by atoms with Crippen LogP contribution in [0.25, 0.3) is 11.1 Å². The van der Waals surface area contributed by atoms with Gasteiger partial charge in [0.1, 0.15) is 5.52 Å². The fourth-order valence-electron chi connectivity index (χ4n) is 3.37. The standard InChI is InChI=1S/C20H22ClN3O/c1-15-9-10-23(11-12-24(15)14-16-5-3-2-4-6-16)20-22-18-13-17(21)7-8-19(18)25-20/h2-8,13,15H,9-12,14H2,1H3/t15-/m0/s1. The SMILES string of the molecule is C[C@H]1CCN(c2nc3cc(Cl)ccc3o2)CCN1Cc1ccccc1. The van der Waals surface area contributed by atoms with Crippen LogP contribution in [0.5, 0.6) is 0 Å². The molecule has 0 bridgehead atoms. The van der Waals surface area contributed by atoms with Gasteiger partial charge in [0.25, 0.3) is 6.01 Å². The molecule has 1 saturated heterocycles. The van der Waals surface area contributed by atoms with Crippen molar-refractivity contribution >= 4 is 28.7 Å². The summed E-state index contributed by atoms with van der Waals surface area (Å²) in [5.41, 5.74) is 2.97. The zero-order valence-electron chi connectivity index (χ0n) is 14.4. The van der Waals surface area contributed by atoms with Gasteiger partial charge >= 0.3 is 0 Å². The predicted molar refractivity (Wildman–Crippen MR) is 102 cm³/mol. The van der Waals surface area contributed by atoms with E-state index in [-0.39, 0.29) is 0 Å². The molecule has 130 valence electrons. The Morgan fingerprint density at radius 3 is 2.80 bits per heavy atom. The van der Waals surface area contributed by atoms with E-state index in [0.717, 1.165) is 43.7 Å². The number of fused-ring (bicyclic) bond motifs is 1. The van der Waals surface area contributed by atoms with Crippen LogP contribution in [-0.4, -0.2) is 35.6 Å². The van der Waals surface area contributed by atoms with Gasteiger partial charge in [-0.2, -0.15) is 4.98 Å². The number of aromatic nitrogens is 1. The minimum atomic E-state index is 0.532. The molecule has 1 aliphatic heterocycles. The minimum absolute atomic E-state index is 0.532. The number of hydrogen-bond acceptors (Lipinski definition) is 4. The third-order valence-corrected chi connectivity index (χ3v) is 5.17. The Morgan fingerprint density at radius 1 is 1.12 bits per heavy atom. The zero-order chi connectivity index (χ0) is 17.2. The summed E-state index contributed by atoms with van der Waals surface area (Å²) in [6.45, 7) is 6.15. The van der Waals surface area contributed by atoms with E-state index in [1.165, 1.54) is 5.56 Å². The molecule has 4 nitrogen and oxygen atoms in total. The fourth-order valence-corrected chi connectivity index (χ4v) is 3.54. The molecular weight excluding hydrogens is 334 g/mol. The van der Waals surface area contributed by atoms with Gasteiger partial charge in [0.05, 0.1) is 0 Å². The van der Waals surface area contributed by atoms with Crippen LogP contribution in [-0.2, 0) is 6.54 Å². The lowest BCUT2D eigenvalue weighted by molar-refractivity contribution is 0.211. The zero-order valence-corrected chi connectivity index (χ0v) is 15.1. The van der Waals surface area contributed by atoms with Crippen molar-refractivity contribution in [3.8, 4) is 0 Å². The Hall–Kier alpha value is -2.04. The Balaban J connectivity index is 1.49. The number of oxazole rings is 1. The molecule has 0 radical (unpaired) electrons. The lowest BCUT2D eigenvalue weighted by atomic mass is 10.1. The lowest BCUT2D eigenvalue weighted by Gasteiger charge is -2.26. The van der Waals surface area contributed by atoms with Crippen LogP contribution in [0.3, 0.4) is 0 Å². The van der Waals surface area contributed by atoms with Gasteiger partial charge in [-0.25, -0.2) is 0 Å². The maximum Gasteiger partial charge on any atom is 0.298 e. The molecule has 0 N–H and O–H groups in total. The number of anilines is 1. The van der Waals surface area contributed by atoms with E-state index < -0.39 is 0 Å². The van der Waals surface area contributed by atoms with Crippen molar-refractivity contribution in [2.75, 3.05) is 24.5 Å². The number of rotatable bonds is 3. The first-order valence-corrected chi connectivity index (χ1v) is 9.16. The smallest absolute Gasteiger partial charge is 0.298 e. The monoisotopic (exact) mass is 355 g/mol. The van der Waals surface area contributed by atoms with Crippen molar-refractivity contribution in [1.82, 2.24) is 9.88 Å². The molecule has 1 atom stereocenters. The third kappa shape index (κ3) is 3.65. The molecule has 1 aromatic heterocycles. The highest BCUT2D eigenvalue weighted by atomic mass is 35.5. The van der Waals surface area contributed by atoms with Gasteiger partial charge in [-0.15, -0.1) is 0 Å². The molecule has 5 heteroatoms. The van der Waals surface area contributed by atoms with Crippen LogP contribution in [0, 0.1) is 0 Å². The third-order valence-electron chi connectivity index (χ3n) is 4.93. The van der Waals surface area contributed by atoms with Gasteiger partial charge in [-0.1, -0.05) is 41.9 Å². The van der Waals surface area contributed by atoms with Gasteiger partial charge in [0.15, 0.2) is 5.58 Å². The summed E-state index contributed by atoms with van der Waals surface area (Å²) in [4.78, 5) is 9.41. The molecule has 2 heterocycles. The molecule has 0 saturated carbocycles. The van der Waals surface area contributed by atoms with Crippen LogP contribution < -0.4 is 4.90 Å². The van der Waals surface area contributed by atoms with Crippen molar-refractivity contribution in [2.24, 2.45) is 0 Å². The average molecular weight is 356 g/mol. The van der Waals surface area contributed by atoms with Gasteiger partial charge in [0.2, 0.25) is 0 Å². The van der Waals surface area contributed by atoms with E-state index in [9.17, 15) is 0 Å². The van der Waals surface area contributed by atoms with Crippen LogP contribution in [0.2, 0.25) is 5.02 Å². The van der Waals surface area contributed by atoms with E-state index in [2.05, 4.69) is 52.0 Å². The number of nitrogens with zero attached hydrogens (tertiary/aromatic N) is 3. The highest BCUT2D eigenvalue weighted by molar-refractivity contribution is 6.31. The van der Waals surface area contributed by atoms with E-state index in [4.69, 9.17) is 16.0 Å². The summed E-state index contributed by atoms with van der Waals surface area (Å²) < 4.78 is 5.94. The van der Waals surface area contributed by atoms with Crippen molar-refractivity contribution in [2.45, 2.75) is 25.9 Å². The van der Waals surface area contributed by atoms with Crippen LogP contribution in [0.4, 0.5) is 6.01 Å². The molecule has 25 heavy (non-hydrogen) atoms. The normalized spacial score (nSPS) is 19.3. The number of halogens is 1. The Bertz CT molecular complexity index is 849. The molecular formula is C20H22ClN3O. The highest BCUT2D eigenvalue weighted by Crippen LogP contribution is 2.26. The first kappa shape index (κ1) is 16.4. The molecule has 0 aliphatic carbocycles. The van der Waals surface area contributed by atoms with Gasteiger partial charge in [-0.05, 0) is 37.1 Å². The first-order valence-electron chi connectivity index (χ1n) is 8.78. The van der Waals surface area contributed by atoms with Crippen molar-refractivity contribution < 1.29 is 4.42 Å². The van der Waals surface area contributed by atoms with Gasteiger partial charge in [0, 0.05) is 37.2 Å². The van der Waals surface area contributed by atoms with E-state index in [0.29, 0.717) is 17.1 Å². The molecule has 0 unspecified atom stereocenters. The molecule has 4 rings (SSSR count). The molecule has 1 aliphatic rings. The first-order chi connectivity index (χ1) is 12.2. The minimum Gasteiger partial charge on any atom is -0.423 e. The molecule has 0 spiro atoms. The van der Waals surface area contributed by atoms with E-state index in [1.807, 2.05) is 18.2 Å². The van der Waals surface area contributed by atoms with Crippen LogP contribution >= 0.6 is 11.6 Å². The summed E-state index contributed by atoms with van der Waals surface area (Å²) >= 11 is 6.05. The summed E-state index contributed by atoms with van der Waals surface area (Å²) in [7, 11) is 0. The average Bonchev–Trinajstić information content (AvgIpc) is 2.95. The summed E-state index contributed by atoms with van der Waals surface area (Å²) in [6.07, 6.45) is 1.09. The summed E-state index contributed by atoms with van der Waals surface area (Å²) in [6, 6.07) is 17.5. The van der Waals surface area contributed by atoms with Gasteiger partial charge < -0.3 is 9.32 Å². The summed E-state index contributed by atoms with van der Waals surface area (Å²) in [5, 5.41) is 0.686. The fraction of sp³-hybridized carbons (Fsp3) is 0.350. The second-order valence-corrected chi connectivity index (χ2v) is 7.13. The Labute approximate surface area is 153 Å². The van der Waals surface area contributed by atoms with Crippen LogP contribution in [0.15, 0.2) is 52.9 Å². The number of benzene rings is 2. The molecule has 2 aromatic carbocycles. The van der Waals surface area contributed by atoms with Crippen molar-refractivity contribution in [3.05, 3.63) is 59.1 Å². The second-order valence-electron chi connectivity index (χ2n) is 6.69. The Kier molecular flexibility index (Phi) is 4.64. The second kappa shape index (κ2) is 7.06. The highest BCUT2D eigenvalue weighted by Gasteiger charge is 2.23. The maximum atomic E-state index is 6.05. The largest absolute Gasteiger partial charge is 0.423 e. The lowest BCUT2D eigenvalue weighted by Crippen LogP contribution is -2.34. The molecule has 3 aromatic rings. The number of hydrogen-bond donors (Lipinski definition) is 0. The Morgan fingerprint density at radius 2 is 1.96 bits per heavy atom. The molecule has 1 fully saturated rings. The topological polar surface area (TPSA) is 32.5 Å². The van der Waals surface area contributed by atoms with Crippen molar-refractivity contribution in [1.29, 1.82) is 0 Å². The van der Waals surface area contributed by atoms with Crippen LogP contribution in [0.1, 0.15) is 18.9 Å². The van der Waals surface area contributed by atoms with E-state index >= 15 is 0 Å². The van der Waals surface area contributed by atoms with Gasteiger partial charge in [-0.3, -0.25) is 4.90 Å². The van der Waals surface area contributed by atoms with Crippen molar-refractivity contribution in [3.63, 3.8) is 0 Å². The predicted octanol–water partition coefficient (Wildman–Crippen LogP) is 4.58. The maximum absolute atomic E-state index is 6.05.